The first-order valence-corrected chi connectivity index (χ1v) is 9.44. The number of nitrogens with zero attached hydrogens (tertiary/aromatic N) is 4. The van der Waals surface area contributed by atoms with E-state index < -0.39 is 17.4 Å². The van der Waals surface area contributed by atoms with Crippen molar-refractivity contribution in [2.24, 2.45) is 10.2 Å². The monoisotopic (exact) mass is 490 g/mol. The molecule has 0 saturated heterocycles. The van der Waals surface area contributed by atoms with E-state index in [0.29, 0.717) is 11.3 Å². The van der Waals surface area contributed by atoms with E-state index in [2.05, 4.69) is 36.5 Å². The van der Waals surface area contributed by atoms with Crippen molar-refractivity contribution in [2.45, 2.75) is 13.1 Å². The molecular weight excluding hydrogens is 477 g/mol. The Morgan fingerprint density at radius 2 is 1.84 bits per heavy atom. The number of nitrogens with one attached hydrogen (secondary N) is 1. The molecule has 0 aliphatic carbocycles. The van der Waals surface area contributed by atoms with Crippen LogP contribution in [0, 0.1) is 18.3 Å². The second kappa shape index (κ2) is 8.61. The topological polar surface area (TPSA) is 120 Å². The van der Waals surface area contributed by atoms with Crippen LogP contribution in [-0.4, -0.2) is 10.1 Å². The van der Waals surface area contributed by atoms with E-state index >= 15 is 0 Å². The lowest BCUT2D eigenvalue weighted by atomic mass is 10.1. The van der Waals surface area contributed by atoms with Crippen molar-refractivity contribution < 1.29 is 18.3 Å². The van der Waals surface area contributed by atoms with E-state index in [-0.39, 0.29) is 33.1 Å². The number of hydrogen-bond donors (Lipinski definition) is 3. The highest BCUT2D eigenvalue weighted by Crippen LogP contribution is 2.40. The molecule has 3 rings (SSSR count). The number of phenolic OH excluding ortho intramolecular Hbond substituents is 1. The third-order valence-electron chi connectivity index (χ3n) is 4.21. The van der Waals surface area contributed by atoms with Crippen molar-refractivity contribution in [2.75, 3.05) is 11.1 Å². The highest BCUT2D eigenvalue weighted by atomic mass is 79.9. The number of phenols is 1. The van der Waals surface area contributed by atoms with Crippen LogP contribution in [0.1, 0.15) is 16.7 Å². The summed E-state index contributed by atoms with van der Waals surface area (Å²) in [6.07, 6.45) is -4.63. The van der Waals surface area contributed by atoms with E-state index in [9.17, 15) is 23.5 Å². The third kappa shape index (κ3) is 4.92. The summed E-state index contributed by atoms with van der Waals surface area (Å²) in [5.41, 5.74) is 5.50. The van der Waals surface area contributed by atoms with E-state index in [0.717, 1.165) is 6.07 Å². The second-order valence-corrected chi connectivity index (χ2v) is 7.25. The summed E-state index contributed by atoms with van der Waals surface area (Å²) >= 11 is 3.01. The van der Waals surface area contributed by atoms with Crippen LogP contribution in [0.15, 0.2) is 57.2 Å². The molecule has 0 atom stereocenters. The quantitative estimate of drug-likeness (QED) is 0.285. The third-order valence-corrected chi connectivity index (χ3v) is 4.70. The zero-order chi connectivity index (χ0) is 22.8. The molecule has 0 radical (unpaired) electrons. The van der Waals surface area contributed by atoms with Crippen molar-refractivity contribution in [1.29, 1.82) is 5.26 Å². The highest BCUT2D eigenvalue weighted by Gasteiger charge is 2.34. The fraction of sp³-hybridized carbons (Fsp3) is 0.100. The molecule has 158 valence electrons. The molecule has 0 saturated carbocycles. The lowest BCUT2D eigenvalue weighted by Crippen LogP contribution is -2.05. The number of rotatable bonds is 4. The molecule has 11 heteroatoms. The summed E-state index contributed by atoms with van der Waals surface area (Å²) in [7, 11) is 0. The number of aromatic hydroxyl groups is 1. The fourth-order valence-electron chi connectivity index (χ4n) is 2.68. The van der Waals surface area contributed by atoms with Gasteiger partial charge in [0.1, 0.15) is 17.5 Å². The van der Waals surface area contributed by atoms with Gasteiger partial charge in [0, 0.05) is 15.7 Å². The Bertz CT molecular complexity index is 1200. The van der Waals surface area contributed by atoms with Crippen LogP contribution in [-0.2, 0) is 6.18 Å². The van der Waals surface area contributed by atoms with Gasteiger partial charge in [-0.05, 0) is 49.4 Å². The van der Waals surface area contributed by atoms with Crippen LogP contribution in [0.4, 0.5) is 41.9 Å². The standard InChI is InChI=1S/C20H14BrF3N6O/c1-10-14(9-25)19(27-12-3-5-13(31)6-4-12)28-18(26)17(10)30-29-16-7-2-11(21)8-15(16)20(22,23)24/h2-8,31H,1H3,(H3,26,27,28)/b30-29+. The van der Waals surface area contributed by atoms with Gasteiger partial charge in [-0.25, -0.2) is 4.98 Å². The van der Waals surface area contributed by atoms with Crippen molar-refractivity contribution in [3.63, 3.8) is 0 Å². The molecule has 0 aliphatic heterocycles. The van der Waals surface area contributed by atoms with Crippen LogP contribution in [0.3, 0.4) is 0 Å². The first-order valence-electron chi connectivity index (χ1n) is 8.65. The normalized spacial score (nSPS) is 11.5. The number of anilines is 3. The van der Waals surface area contributed by atoms with Gasteiger partial charge in [-0.15, -0.1) is 10.2 Å². The first kappa shape index (κ1) is 22.0. The molecule has 0 unspecified atom stereocenters. The predicted molar refractivity (Wildman–Crippen MR) is 113 cm³/mol. The summed E-state index contributed by atoms with van der Waals surface area (Å²) in [6.45, 7) is 1.54. The van der Waals surface area contributed by atoms with Crippen molar-refractivity contribution in [3.8, 4) is 11.8 Å². The van der Waals surface area contributed by atoms with Crippen LogP contribution in [0.2, 0.25) is 0 Å². The molecule has 0 aliphatic rings. The van der Waals surface area contributed by atoms with Gasteiger partial charge in [-0.2, -0.15) is 18.4 Å². The first-order chi connectivity index (χ1) is 14.6. The van der Waals surface area contributed by atoms with Crippen molar-refractivity contribution in [1.82, 2.24) is 4.98 Å². The van der Waals surface area contributed by atoms with Crippen molar-refractivity contribution >= 4 is 44.6 Å². The number of aromatic nitrogens is 1. The number of alkyl halides is 3. The summed E-state index contributed by atoms with van der Waals surface area (Å²) in [6, 6.07) is 11.5. The fourth-order valence-corrected chi connectivity index (χ4v) is 3.04. The van der Waals surface area contributed by atoms with Gasteiger partial charge in [0.25, 0.3) is 0 Å². The molecule has 7 nitrogen and oxygen atoms in total. The second-order valence-electron chi connectivity index (χ2n) is 6.34. The molecule has 0 amide bonds. The Morgan fingerprint density at radius 3 is 2.45 bits per heavy atom. The van der Waals surface area contributed by atoms with E-state index in [4.69, 9.17) is 5.73 Å². The number of benzene rings is 2. The molecule has 0 fully saturated rings. The number of azo groups is 1. The lowest BCUT2D eigenvalue weighted by Gasteiger charge is -2.13. The number of hydrogen-bond acceptors (Lipinski definition) is 7. The average molecular weight is 491 g/mol. The Kier molecular flexibility index (Phi) is 6.12. The smallest absolute Gasteiger partial charge is 0.418 e. The van der Waals surface area contributed by atoms with Gasteiger partial charge in [-0.1, -0.05) is 15.9 Å². The number of nitrogen functional groups attached to an aromatic ring is 1. The Morgan fingerprint density at radius 1 is 1.16 bits per heavy atom. The maximum Gasteiger partial charge on any atom is 0.418 e. The van der Waals surface area contributed by atoms with E-state index in [1.165, 1.54) is 24.3 Å². The summed E-state index contributed by atoms with van der Waals surface area (Å²) in [5.74, 6) is 0.0885. The molecule has 3 aromatic rings. The Balaban J connectivity index is 2.02. The number of pyridine rings is 1. The molecule has 31 heavy (non-hydrogen) atoms. The van der Waals surface area contributed by atoms with Crippen LogP contribution in [0.25, 0.3) is 0 Å². The van der Waals surface area contributed by atoms with E-state index in [1.807, 2.05) is 6.07 Å². The molecule has 1 heterocycles. The molecule has 1 aromatic heterocycles. The maximum absolute atomic E-state index is 13.3. The van der Waals surface area contributed by atoms with E-state index in [1.54, 1.807) is 19.1 Å². The molecule has 0 spiro atoms. The zero-order valence-electron chi connectivity index (χ0n) is 15.9. The Labute approximate surface area is 183 Å². The summed E-state index contributed by atoms with van der Waals surface area (Å²) in [5, 5.41) is 29.4. The van der Waals surface area contributed by atoms with Crippen LogP contribution in [0.5, 0.6) is 5.75 Å². The molecule has 0 bridgehead atoms. The van der Waals surface area contributed by atoms with Crippen molar-refractivity contribution in [3.05, 3.63) is 63.6 Å². The Hall–Kier alpha value is -3.65. The number of nitriles is 1. The summed E-state index contributed by atoms with van der Waals surface area (Å²) < 4.78 is 40.1. The number of nitrogens with two attached hydrogens (primary N) is 1. The van der Waals surface area contributed by atoms with Crippen LogP contribution < -0.4 is 11.1 Å². The SMILES string of the molecule is Cc1c(C#N)c(Nc2ccc(O)cc2)nc(N)c1/N=N/c1ccc(Br)cc1C(F)(F)F. The van der Waals surface area contributed by atoms with Gasteiger partial charge in [0.2, 0.25) is 0 Å². The van der Waals surface area contributed by atoms with Gasteiger partial charge < -0.3 is 16.2 Å². The largest absolute Gasteiger partial charge is 0.508 e. The maximum atomic E-state index is 13.3. The minimum absolute atomic E-state index is 0.0103. The average Bonchev–Trinajstić information content (AvgIpc) is 2.70. The van der Waals surface area contributed by atoms with Gasteiger partial charge in [0.05, 0.1) is 16.8 Å². The van der Waals surface area contributed by atoms with Crippen LogP contribution >= 0.6 is 15.9 Å². The lowest BCUT2D eigenvalue weighted by molar-refractivity contribution is -0.137. The van der Waals surface area contributed by atoms with Gasteiger partial charge >= 0.3 is 6.18 Å². The van der Waals surface area contributed by atoms with Gasteiger partial charge in [0.15, 0.2) is 11.6 Å². The predicted octanol–water partition coefficient (Wildman–Crippen LogP) is 6.49. The number of halogens is 4. The minimum atomic E-state index is -4.63. The highest BCUT2D eigenvalue weighted by molar-refractivity contribution is 9.10. The van der Waals surface area contributed by atoms with Gasteiger partial charge in [-0.3, -0.25) is 0 Å². The minimum Gasteiger partial charge on any atom is -0.508 e. The molecule has 4 N–H and O–H groups in total. The molecule has 2 aromatic carbocycles. The summed E-state index contributed by atoms with van der Waals surface area (Å²) in [4.78, 5) is 4.12. The zero-order valence-corrected chi connectivity index (χ0v) is 17.5. The molecular formula is C20H14BrF3N6O.